The Bertz CT molecular complexity index is 930. The number of aryl methyl sites for hydroxylation is 2. The van der Waals surface area contributed by atoms with Gasteiger partial charge < -0.3 is 14.3 Å². The quantitative estimate of drug-likeness (QED) is 0.742. The molecule has 0 aliphatic carbocycles. The van der Waals surface area contributed by atoms with E-state index in [1.807, 2.05) is 9.80 Å². The van der Waals surface area contributed by atoms with Crippen LogP contribution in [0.5, 0.6) is 0 Å². The minimum absolute atomic E-state index is 0.00373. The number of benzene rings is 1. The third-order valence-electron chi connectivity index (χ3n) is 6.79. The molecule has 0 spiro atoms. The van der Waals surface area contributed by atoms with Crippen LogP contribution in [-0.2, 0) is 11.2 Å². The normalized spacial score (nSPS) is 20.2. The van der Waals surface area contributed by atoms with Crippen LogP contribution in [0.1, 0.15) is 59.5 Å². The van der Waals surface area contributed by atoms with Crippen LogP contribution < -0.4 is 0 Å². The molecule has 2 amide bonds. The first-order valence-electron chi connectivity index (χ1n) is 11.2. The highest BCUT2D eigenvalue weighted by Gasteiger charge is 2.36. The van der Waals surface area contributed by atoms with Gasteiger partial charge in [-0.3, -0.25) is 9.59 Å². The number of rotatable bonds is 4. The lowest BCUT2D eigenvalue weighted by Crippen LogP contribution is -2.51. The van der Waals surface area contributed by atoms with E-state index in [-0.39, 0.29) is 30.1 Å². The number of carbonyl (C=O) groups is 2. The number of hydrogen-bond donors (Lipinski definition) is 0. The highest BCUT2D eigenvalue weighted by Crippen LogP contribution is 2.32. The molecule has 1 aromatic carbocycles. The molecule has 2 fully saturated rings. The average molecular weight is 428 g/mol. The van der Waals surface area contributed by atoms with Gasteiger partial charge in [-0.1, -0.05) is 23.4 Å². The molecule has 0 unspecified atom stereocenters. The van der Waals surface area contributed by atoms with E-state index in [1.165, 1.54) is 6.07 Å². The Morgan fingerprint density at radius 3 is 2.52 bits per heavy atom. The van der Waals surface area contributed by atoms with E-state index < -0.39 is 0 Å². The topological polar surface area (TPSA) is 66.7 Å². The molecule has 166 valence electrons. The highest BCUT2D eigenvalue weighted by molar-refractivity contribution is 5.96. The van der Waals surface area contributed by atoms with Crippen LogP contribution in [0.3, 0.4) is 0 Å². The second kappa shape index (κ2) is 9.20. The maximum atomic E-state index is 14.0. The van der Waals surface area contributed by atoms with Gasteiger partial charge in [-0.15, -0.1) is 0 Å². The fourth-order valence-electron chi connectivity index (χ4n) is 5.10. The van der Waals surface area contributed by atoms with E-state index in [2.05, 4.69) is 5.16 Å². The van der Waals surface area contributed by atoms with E-state index in [1.54, 1.807) is 32.0 Å². The average Bonchev–Trinajstić information content (AvgIpc) is 3.13. The maximum absolute atomic E-state index is 14.0. The summed E-state index contributed by atoms with van der Waals surface area (Å²) in [6.45, 7) is 5.62. The number of hydrogen-bond acceptors (Lipinski definition) is 4. The van der Waals surface area contributed by atoms with Gasteiger partial charge in [0.1, 0.15) is 17.1 Å². The van der Waals surface area contributed by atoms with Gasteiger partial charge in [-0.25, -0.2) is 4.39 Å². The number of piperidine rings is 2. The summed E-state index contributed by atoms with van der Waals surface area (Å²) < 4.78 is 19.2. The van der Waals surface area contributed by atoms with Crippen LogP contribution in [-0.4, -0.2) is 52.4 Å². The lowest BCUT2D eigenvalue weighted by atomic mass is 9.83. The summed E-state index contributed by atoms with van der Waals surface area (Å²) in [5.41, 5.74) is 1.65. The Morgan fingerprint density at radius 2 is 1.84 bits per heavy atom. The van der Waals surface area contributed by atoms with Crippen molar-refractivity contribution in [2.75, 3.05) is 19.6 Å². The van der Waals surface area contributed by atoms with Gasteiger partial charge >= 0.3 is 0 Å². The first kappa shape index (κ1) is 21.5. The molecule has 0 saturated carbocycles. The Hall–Kier alpha value is -2.70. The summed E-state index contributed by atoms with van der Waals surface area (Å²) in [7, 11) is 0. The Kier molecular flexibility index (Phi) is 6.39. The van der Waals surface area contributed by atoms with Gasteiger partial charge in [0.2, 0.25) is 5.91 Å². The lowest BCUT2D eigenvalue weighted by Gasteiger charge is -2.43. The summed E-state index contributed by atoms with van der Waals surface area (Å²) in [5, 5.41) is 3.90. The van der Waals surface area contributed by atoms with Crippen molar-refractivity contribution in [1.82, 2.24) is 15.0 Å². The summed E-state index contributed by atoms with van der Waals surface area (Å²) in [4.78, 5) is 29.8. The second-order valence-electron chi connectivity index (χ2n) is 8.75. The van der Waals surface area contributed by atoms with Gasteiger partial charge in [0.25, 0.3) is 5.91 Å². The molecular formula is C24H30FN3O3. The Labute approximate surface area is 182 Å². The van der Waals surface area contributed by atoms with Crippen molar-refractivity contribution in [2.24, 2.45) is 5.92 Å². The van der Waals surface area contributed by atoms with Gasteiger partial charge in [0.15, 0.2) is 0 Å². The Morgan fingerprint density at radius 1 is 1.10 bits per heavy atom. The molecule has 2 aromatic rings. The van der Waals surface area contributed by atoms with Crippen LogP contribution >= 0.6 is 0 Å². The third-order valence-corrected chi connectivity index (χ3v) is 6.79. The van der Waals surface area contributed by atoms with Crippen molar-refractivity contribution in [1.29, 1.82) is 0 Å². The van der Waals surface area contributed by atoms with E-state index >= 15 is 0 Å². The fraction of sp³-hybridized carbons (Fsp3) is 0.542. The van der Waals surface area contributed by atoms with Crippen molar-refractivity contribution in [2.45, 2.75) is 58.4 Å². The molecule has 2 aliphatic heterocycles. The van der Waals surface area contributed by atoms with Crippen LogP contribution in [0, 0.1) is 25.6 Å². The molecular weight excluding hydrogens is 397 g/mol. The molecule has 0 bridgehead atoms. The first-order valence-corrected chi connectivity index (χ1v) is 11.2. The minimum Gasteiger partial charge on any atom is -0.361 e. The number of likely N-dealkylation sites (tertiary alicyclic amines) is 2. The molecule has 0 N–H and O–H groups in total. The van der Waals surface area contributed by atoms with Crippen molar-refractivity contribution in [3.63, 3.8) is 0 Å². The van der Waals surface area contributed by atoms with Crippen molar-refractivity contribution in [3.8, 4) is 0 Å². The molecule has 2 saturated heterocycles. The molecule has 4 rings (SSSR count). The maximum Gasteiger partial charge on any atom is 0.259 e. The van der Waals surface area contributed by atoms with E-state index in [9.17, 15) is 14.0 Å². The van der Waals surface area contributed by atoms with Gasteiger partial charge in [-0.05, 0) is 63.5 Å². The molecule has 0 radical (unpaired) electrons. The standard InChI is InChI=1S/C24H30FN3O3/c1-16-23(17(2)31-26-16)24(30)27-13-10-18(11-14-27)21-9-5-6-12-28(21)22(29)15-19-7-3-4-8-20(19)25/h3-4,7-8,18,21H,5-6,9-15H2,1-2H3/t21-/m0/s1. The van der Waals surface area contributed by atoms with Crippen LogP contribution in [0.2, 0.25) is 0 Å². The fourth-order valence-corrected chi connectivity index (χ4v) is 5.10. The predicted octanol–water partition coefficient (Wildman–Crippen LogP) is 3.91. The van der Waals surface area contributed by atoms with Gasteiger partial charge in [0, 0.05) is 25.7 Å². The molecule has 1 aromatic heterocycles. The zero-order valence-electron chi connectivity index (χ0n) is 18.3. The van der Waals surface area contributed by atoms with Crippen molar-refractivity contribution >= 4 is 11.8 Å². The van der Waals surface area contributed by atoms with Crippen LogP contribution in [0.25, 0.3) is 0 Å². The second-order valence-corrected chi connectivity index (χ2v) is 8.75. The minimum atomic E-state index is -0.324. The molecule has 6 nitrogen and oxygen atoms in total. The summed E-state index contributed by atoms with van der Waals surface area (Å²) in [6.07, 6.45) is 4.90. The van der Waals surface area contributed by atoms with Crippen LogP contribution in [0.15, 0.2) is 28.8 Å². The summed E-state index contributed by atoms with van der Waals surface area (Å²) >= 11 is 0. The molecule has 3 heterocycles. The number of aromatic nitrogens is 1. The largest absolute Gasteiger partial charge is 0.361 e. The number of nitrogens with zero attached hydrogens (tertiary/aromatic N) is 3. The monoisotopic (exact) mass is 427 g/mol. The van der Waals surface area contributed by atoms with Gasteiger partial charge in [0.05, 0.1) is 12.1 Å². The number of carbonyl (C=O) groups excluding carboxylic acids is 2. The number of amides is 2. The van der Waals surface area contributed by atoms with Gasteiger partial charge in [-0.2, -0.15) is 0 Å². The zero-order valence-corrected chi connectivity index (χ0v) is 18.3. The highest BCUT2D eigenvalue weighted by atomic mass is 19.1. The van der Waals surface area contributed by atoms with Crippen molar-refractivity contribution in [3.05, 3.63) is 52.7 Å². The first-order chi connectivity index (χ1) is 15.0. The zero-order chi connectivity index (χ0) is 22.0. The molecule has 1 atom stereocenters. The smallest absolute Gasteiger partial charge is 0.259 e. The SMILES string of the molecule is Cc1noc(C)c1C(=O)N1CCC([C@@H]2CCCCN2C(=O)Cc2ccccc2F)CC1. The molecule has 2 aliphatic rings. The lowest BCUT2D eigenvalue weighted by molar-refractivity contribution is -0.136. The van der Waals surface area contributed by atoms with E-state index in [0.717, 1.165) is 38.6 Å². The number of halogens is 1. The summed E-state index contributed by atoms with van der Waals surface area (Å²) in [6, 6.07) is 6.67. The molecule has 31 heavy (non-hydrogen) atoms. The predicted molar refractivity (Wildman–Crippen MR) is 114 cm³/mol. The van der Waals surface area contributed by atoms with Crippen molar-refractivity contribution < 1.29 is 18.5 Å². The van der Waals surface area contributed by atoms with E-state index in [4.69, 9.17) is 4.52 Å². The van der Waals surface area contributed by atoms with E-state index in [0.29, 0.717) is 41.6 Å². The van der Waals surface area contributed by atoms with Crippen LogP contribution in [0.4, 0.5) is 4.39 Å². The summed E-state index contributed by atoms with van der Waals surface area (Å²) in [5.74, 6) is 0.575. The third kappa shape index (κ3) is 4.50. The molecule has 7 heteroatoms. The Balaban J connectivity index is 1.40.